The van der Waals surface area contributed by atoms with E-state index in [2.05, 4.69) is 4.74 Å². The fourth-order valence-corrected chi connectivity index (χ4v) is 2.33. The molecule has 3 nitrogen and oxygen atoms in total. The molecule has 22 heavy (non-hydrogen) atoms. The predicted molar refractivity (Wildman–Crippen MR) is 77.0 cm³/mol. The number of aliphatic hydroxyl groups excluding tert-OH is 1. The number of halogens is 3. The van der Waals surface area contributed by atoms with Gasteiger partial charge in [0.2, 0.25) is 0 Å². The Morgan fingerprint density at radius 3 is 1.64 bits per heavy atom. The number of carbonyl (C=O) groups is 1. The molecule has 0 amide bonds. The van der Waals surface area contributed by atoms with Crippen LogP contribution in [0.3, 0.4) is 0 Å². The predicted octanol–water partition coefficient (Wildman–Crippen LogP) is 3.78. The minimum atomic E-state index is -5.04. The molecule has 0 aliphatic heterocycles. The van der Waals surface area contributed by atoms with Crippen LogP contribution in [0.1, 0.15) is 41.5 Å². The molecule has 0 aromatic carbocycles. The zero-order chi connectivity index (χ0) is 17.5. The van der Waals surface area contributed by atoms with E-state index in [9.17, 15) is 23.1 Å². The van der Waals surface area contributed by atoms with Crippen LogP contribution in [0, 0.1) is 10.8 Å². The molecule has 0 saturated carbocycles. The molecule has 0 bridgehead atoms. The lowest BCUT2D eigenvalue weighted by molar-refractivity contribution is -0.201. The third kappa shape index (κ3) is 4.35. The van der Waals surface area contributed by atoms with Crippen LogP contribution in [0.4, 0.5) is 13.2 Å². The van der Waals surface area contributed by atoms with Gasteiger partial charge in [-0.1, -0.05) is 41.5 Å². The van der Waals surface area contributed by atoms with Gasteiger partial charge in [-0.15, -0.1) is 0 Å². The Morgan fingerprint density at radius 1 is 1.00 bits per heavy atom. The van der Waals surface area contributed by atoms with Crippen molar-refractivity contribution in [1.29, 1.82) is 0 Å². The van der Waals surface area contributed by atoms with E-state index in [4.69, 9.17) is 0 Å². The number of esters is 1. The SMILES string of the molecule is CC(C)(C)C1=CC(OC(=O)C(F)(F)F)C=C(C(C)(C)C)C1O. The first kappa shape index (κ1) is 18.7. The Kier molecular flexibility index (Phi) is 4.88. The van der Waals surface area contributed by atoms with Crippen molar-refractivity contribution >= 4 is 5.97 Å². The summed E-state index contributed by atoms with van der Waals surface area (Å²) >= 11 is 0. The van der Waals surface area contributed by atoms with Gasteiger partial charge in [0.1, 0.15) is 6.10 Å². The molecule has 1 N–H and O–H groups in total. The monoisotopic (exact) mass is 320 g/mol. The first-order valence-electron chi connectivity index (χ1n) is 7.04. The summed E-state index contributed by atoms with van der Waals surface area (Å²) in [5, 5.41) is 10.5. The molecule has 0 saturated heterocycles. The summed E-state index contributed by atoms with van der Waals surface area (Å²) in [7, 11) is 0. The Morgan fingerprint density at radius 2 is 1.36 bits per heavy atom. The Bertz CT molecular complexity index is 470. The third-order valence-electron chi connectivity index (χ3n) is 3.48. The lowest BCUT2D eigenvalue weighted by Gasteiger charge is -2.38. The third-order valence-corrected chi connectivity index (χ3v) is 3.48. The molecule has 126 valence electrons. The molecule has 1 rings (SSSR count). The lowest BCUT2D eigenvalue weighted by atomic mass is 9.71. The molecule has 0 fully saturated rings. The van der Waals surface area contributed by atoms with Gasteiger partial charge in [-0.3, -0.25) is 0 Å². The van der Waals surface area contributed by atoms with E-state index in [1.54, 1.807) is 0 Å². The van der Waals surface area contributed by atoms with Crippen LogP contribution in [-0.4, -0.2) is 29.5 Å². The van der Waals surface area contributed by atoms with Crippen molar-refractivity contribution in [2.75, 3.05) is 0 Å². The van der Waals surface area contributed by atoms with Crippen LogP contribution in [0.25, 0.3) is 0 Å². The lowest BCUT2D eigenvalue weighted by Crippen LogP contribution is -2.37. The second kappa shape index (κ2) is 5.72. The molecular weight excluding hydrogens is 297 g/mol. The molecule has 0 aromatic heterocycles. The van der Waals surface area contributed by atoms with Crippen molar-refractivity contribution in [2.45, 2.75) is 59.9 Å². The van der Waals surface area contributed by atoms with Crippen molar-refractivity contribution in [1.82, 2.24) is 0 Å². The number of hydrogen-bond acceptors (Lipinski definition) is 3. The van der Waals surface area contributed by atoms with Gasteiger partial charge in [0.15, 0.2) is 0 Å². The van der Waals surface area contributed by atoms with E-state index in [-0.39, 0.29) is 0 Å². The van der Waals surface area contributed by atoms with Crippen molar-refractivity contribution in [3.63, 3.8) is 0 Å². The maximum atomic E-state index is 12.4. The Balaban J connectivity index is 3.22. The maximum absolute atomic E-state index is 12.4. The van der Waals surface area contributed by atoms with E-state index in [0.29, 0.717) is 11.1 Å². The minimum absolute atomic E-state index is 0.465. The van der Waals surface area contributed by atoms with Crippen molar-refractivity contribution in [3.05, 3.63) is 23.3 Å². The summed E-state index contributed by atoms with van der Waals surface area (Å²) in [6.45, 7) is 11.1. The number of alkyl halides is 3. The van der Waals surface area contributed by atoms with Gasteiger partial charge < -0.3 is 9.84 Å². The van der Waals surface area contributed by atoms with Crippen molar-refractivity contribution in [3.8, 4) is 0 Å². The second-order valence-corrected chi connectivity index (χ2v) is 7.51. The fourth-order valence-electron chi connectivity index (χ4n) is 2.33. The van der Waals surface area contributed by atoms with Crippen LogP contribution >= 0.6 is 0 Å². The quantitative estimate of drug-likeness (QED) is 0.591. The molecule has 0 atom stereocenters. The molecule has 0 radical (unpaired) electrons. The summed E-state index contributed by atoms with van der Waals surface area (Å²) < 4.78 is 41.7. The van der Waals surface area contributed by atoms with Gasteiger partial charge in [-0.25, -0.2) is 4.79 Å². The first-order valence-corrected chi connectivity index (χ1v) is 7.04. The van der Waals surface area contributed by atoms with Gasteiger partial charge in [-0.2, -0.15) is 13.2 Å². The van der Waals surface area contributed by atoms with E-state index >= 15 is 0 Å². The number of carbonyl (C=O) groups excluding carboxylic acids is 1. The van der Waals surface area contributed by atoms with Gasteiger partial charge in [0, 0.05) is 0 Å². The van der Waals surface area contributed by atoms with Gasteiger partial charge in [-0.05, 0) is 34.1 Å². The first-order chi connectivity index (χ1) is 9.64. The standard InChI is InChI=1S/C16H23F3O3/c1-14(2,3)10-7-9(22-13(21)16(17,18)19)8-11(12(10)20)15(4,5)6/h7-9,12,20H,1-6H3. The smallest absolute Gasteiger partial charge is 0.447 e. The highest BCUT2D eigenvalue weighted by molar-refractivity contribution is 5.76. The topological polar surface area (TPSA) is 46.5 Å². The van der Waals surface area contributed by atoms with Crippen LogP contribution in [-0.2, 0) is 9.53 Å². The summed E-state index contributed by atoms with van der Waals surface area (Å²) in [4.78, 5) is 11.1. The van der Waals surface area contributed by atoms with Crippen molar-refractivity contribution in [2.24, 2.45) is 10.8 Å². The average Bonchev–Trinajstić information content (AvgIpc) is 2.26. The highest BCUT2D eigenvalue weighted by atomic mass is 19.4. The van der Waals surface area contributed by atoms with E-state index < -0.39 is 35.2 Å². The highest BCUT2D eigenvalue weighted by Gasteiger charge is 2.43. The molecule has 0 heterocycles. The van der Waals surface area contributed by atoms with Crippen LogP contribution < -0.4 is 0 Å². The minimum Gasteiger partial charge on any atom is -0.447 e. The summed E-state index contributed by atoms with van der Waals surface area (Å²) in [6, 6.07) is 0. The molecule has 0 aromatic rings. The Hall–Kier alpha value is -1.30. The zero-order valence-corrected chi connectivity index (χ0v) is 13.7. The van der Waals surface area contributed by atoms with Crippen LogP contribution in [0.2, 0.25) is 0 Å². The summed E-state index contributed by atoms with van der Waals surface area (Å²) in [5.74, 6) is -2.23. The van der Waals surface area contributed by atoms with Crippen LogP contribution in [0.15, 0.2) is 23.3 Å². The van der Waals surface area contributed by atoms with Crippen LogP contribution in [0.5, 0.6) is 0 Å². The number of aliphatic hydroxyl groups is 1. The average molecular weight is 320 g/mol. The van der Waals surface area contributed by atoms with Gasteiger partial charge in [0.05, 0.1) is 6.10 Å². The van der Waals surface area contributed by atoms with Gasteiger partial charge in [0.25, 0.3) is 0 Å². The van der Waals surface area contributed by atoms with E-state index in [1.165, 1.54) is 12.2 Å². The largest absolute Gasteiger partial charge is 0.490 e. The van der Waals surface area contributed by atoms with E-state index in [1.807, 2.05) is 41.5 Å². The molecule has 0 spiro atoms. The fraction of sp³-hybridized carbons (Fsp3) is 0.688. The van der Waals surface area contributed by atoms with Crippen molar-refractivity contribution < 1.29 is 27.8 Å². The normalized spacial score (nSPS) is 23.7. The second-order valence-electron chi connectivity index (χ2n) is 7.51. The number of rotatable bonds is 1. The molecule has 0 unspecified atom stereocenters. The molecule has 1 aliphatic rings. The number of hydrogen-bond donors (Lipinski definition) is 1. The highest BCUT2D eigenvalue weighted by Crippen LogP contribution is 2.41. The molecule has 6 heteroatoms. The van der Waals surface area contributed by atoms with Gasteiger partial charge >= 0.3 is 12.1 Å². The molecule has 1 aliphatic carbocycles. The maximum Gasteiger partial charge on any atom is 0.490 e. The zero-order valence-electron chi connectivity index (χ0n) is 13.7. The summed E-state index contributed by atoms with van der Waals surface area (Å²) in [5.41, 5.74) is 0.153. The van der Waals surface area contributed by atoms with E-state index in [0.717, 1.165) is 0 Å². The summed E-state index contributed by atoms with van der Waals surface area (Å²) in [6.07, 6.45) is -4.30. The number of ether oxygens (including phenoxy) is 1. The Labute approximate surface area is 128 Å². The molecular formula is C16H23F3O3.